The SMILES string of the molecule is CC1(CNC(=O)c2c(N3CCOCC3)noc2-c2ccccc2)CCCC1. The molecule has 4 rings (SSSR count). The summed E-state index contributed by atoms with van der Waals surface area (Å²) in [4.78, 5) is 15.3. The Hall–Kier alpha value is -2.34. The monoisotopic (exact) mass is 369 g/mol. The van der Waals surface area contributed by atoms with Crippen molar-refractivity contribution >= 4 is 11.7 Å². The normalized spacial score (nSPS) is 19.2. The minimum absolute atomic E-state index is 0.107. The highest BCUT2D eigenvalue weighted by Gasteiger charge is 2.32. The number of nitrogens with one attached hydrogen (secondary N) is 1. The molecule has 0 spiro atoms. The fourth-order valence-electron chi connectivity index (χ4n) is 4.05. The van der Waals surface area contributed by atoms with E-state index in [2.05, 4.69) is 22.3 Å². The number of rotatable bonds is 5. The van der Waals surface area contributed by atoms with Gasteiger partial charge in [0.25, 0.3) is 5.91 Å². The fraction of sp³-hybridized carbons (Fsp3) is 0.524. The van der Waals surface area contributed by atoms with Gasteiger partial charge in [0.15, 0.2) is 11.6 Å². The van der Waals surface area contributed by atoms with Crippen LogP contribution in [0.4, 0.5) is 5.82 Å². The zero-order valence-electron chi connectivity index (χ0n) is 15.9. The number of hydrogen-bond acceptors (Lipinski definition) is 5. The molecule has 1 N–H and O–H groups in total. The summed E-state index contributed by atoms with van der Waals surface area (Å²) in [6.07, 6.45) is 4.82. The fourth-order valence-corrected chi connectivity index (χ4v) is 4.05. The first-order chi connectivity index (χ1) is 13.2. The number of carbonyl (C=O) groups is 1. The van der Waals surface area contributed by atoms with Crippen LogP contribution in [0.5, 0.6) is 0 Å². The van der Waals surface area contributed by atoms with Gasteiger partial charge in [-0.25, -0.2) is 0 Å². The molecule has 1 aliphatic heterocycles. The average Bonchev–Trinajstić information content (AvgIpc) is 3.35. The van der Waals surface area contributed by atoms with Crippen molar-refractivity contribution in [1.82, 2.24) is 10.5 Å². The summed E-state index contributed by atoms with van der Waals surface area (Å²) >= 11 is 0. The zero-order chi connectivity index (χ0) is 18.7. The van der Waals surface area contributed by atoms with Crippen molar-refractivity contribution in [3.05, 3.63) is 35.9 Å². The molecule has 1 aromatic carbocycles. The highest BCUT2D eigenvalue weighted by Crippen LogP contribution is 2.37. The molecule has 0 bridgehead atoms. The second kappa shape index (κ2) is 7.72. The third-order valence-electron chi connectivity index (χ3n) is 5.73. The van der Waals surface area contributed by atoms with Crippen molar-refractivity contribution in [3.63, 3.8) is 0 Å². The number of benzene rings is 1. The molecule has 2 heterocycles. The lowest BCUT2D eigenvalue weighted by Crippen LogP contribution is -2.39. The quantitative estimate of drug-likeness (QED) is 0.874. The summed E-state index contributed by atoms with van der Waals surface area (Å²) in [6.45, 7) is 5.62. The van der Waals surface area contributed by atoms with Crippen molar-refractivity contribution in [3.8, 4) is 11.3 Å². The van der Waals surface area contributed by atoms with E-state index in [0.717, 1.165) is 5.56 Å². The average molecular weight is 369 g/mol. The molecule has 2 fully saturated rings. The van der Waals surface area contributed by atoms with Gasteiger partial charge in [-0.1, -0.05) is 55.3 Å². The van der Waals surface area contributed by atoms with Crippen LogP contribution in [-0.2, 0) is 4.74 Å². The second-order valence-electron chi connectivity index (χ2n) is 7.88. The van der Waals surface area contributed by atoms with Crippen molar-refractivity contribution < 1.29 is 14.1 Å². The van der Waals surface area contributed by atoms with Crippen LogP contribution < -0.4 is 10.2 Å². The Morgan fingerprint density at radius 3 is 2.59 bits per heavy atom. The molecule has 1 aromatic heterocycles. The smallest absolute Gasteiger partial charge is 0.259 e. The maximum Gasteiger partial charge on any atom is 0.259 e. The Morgan fingerprint density at radius 2 is 1.89 bits per heavy atom. The number of nitrogens with zero attached hydrogens (tertiary/aromatic N) is 2. The van der Waals surface area contributed by atoms with Gasteiger partial charge in [0.1, 0.15) is 5.56 Å². The lowest BCUT2D eigenvalue weighted by Gasteiger charge is -2.27. The van der Waals surface area contributed by atoms with Crippen LogP contribution in [0.1, 0.15) is 43.0 Å². The highest BCUT2D eigenvalue weighted by atomic mass is 16.5. The number of aromatic nitrogens is 1. The molecule has 2 aliphatic rings. The Balaban J connectivity index is 1.63. The van der Waals surface area contributed by atoms with Crippen LogP contribution in [0.25, 0.3) is 11.3 Å². The van der Waals surface area contributed by atoms with E-state index in [1.807, 2.05) is 30.3 Å². The van der Waals surface area contributed by atoms with Crippen LogP contribution in [-0.4, -0.2) is 43.9 Å². The predicted molar refractivity (Wildman–Crippen MR) is 104 cm³/mol. The standard InChI is InChI=1S/C21H27N3O3/c1-21(9-5-6-10-21)15-22-20(25)17-18(16-7-3-2-4-8-16)27-23-19(17)24-11-13-26-14-12-24/h2-4,7-8H,5-6,9-15H2,1H3,(H,22,25). The van der Waals surface area contributed by atoms with Crippen LogP contribution in [0.2, 0.25) is 0 Å². The first kappa shape index (κ1) is 18.0. The topological polar surface area (TPSA) is 67.6 Å². The van der Waals surface area contributed by atoms with Crippen LogP contribution >= 0.6 is 0 Å². The maximum atomic E-state index is 13.2. The van der Waals surface area contributed by atoms with Crippen molar-refractivity contribution in [2.45, 2.75) is 32.6 Å². The van der Waals surface area contributed by atoms with Crippen LogP contribution in [0, 0.1) is 5.41 Å². The zero-order valence-corrected chi connectivity index (χ0v) is 15.9. The summed E-state index contributed by atoms with van der Waals surface area (Å²) in [5.74, 6) is 1.04. The van der Waals surface area contributed by atoms with E-state index in [1.165, 1.54) is 25.7 Å². The van der Waals surface area contributed by atoms with Gasteiger partial charge < -0.3 is 19.5 Å². The van der Waals surface area contributed by atoms with Gasteiger partial charge in [0.05, 0.1) is 13.2 Å². The van der Waals surface area contributed by atoms with Gasteiger partial charge in [0.2, 0.25) is 0 Å². The van der Waals surface area contributed by atoms with E-state index in [-0.39, 0.29) is 11.3 Å². The maximum absolute atomic E-state index is 13.2. The third-order valence-corrected chi connectivity index (χ3v) is 5.73. The van der Waals surface area contributed by atoms with E-state index < -0.39 is 0 Å². The molecule has 0 unspecified atom stereocenters. The van der Waals surface area contributed by atoms with E-state index in [4.69, 9.17) is 9.26 Å². The molecular weight excluding hydrogens is 342 g/mol. The molecule has 0 radical (unpaired) electrons. The Labute approximate surface area is 159 Å². The van der Waals surface area contributed by atoms with Crippen LogP contribution in [0.15, 0.2) is 34.9 Å². The van der Waals surface area contributed by atoms with E-state index in [0.29, 0.717) is 50.0 Å². The Bertz CT molecular complexity index is 775. The molecule has 6 heteroatoms. The number of carbonyl (C=O) groups excluding carboxylic acids is 1. The number of amides is 1. The molecule has 1 aliphatic carbocycles. The van der Waals surface area contributed by atoms with Crippen molar-refractivity contribution in [1.29, 1.82) is 0 Å². The van der Waals surface area contributed by atoms with Gasteiger partial charge in [-0.3, -0.25) is 4.79 Å². The molecule has 2 aromatic rings. The third kappa shape index (κ3) is 3.86. The second-order valence-corrected chi connectivity index (χ2v) is 7.88. The summed E-state index contributed by atoms with van der Waals surface area (Å²) < 4.78 is 11.1. The molecule has 144 valence electrons. The summed E-state index contributed by atoms with van der Waals surface area (Å²) in [7, 11) is 0. The van der Waals surface area contributed by atoms with Gasteiger partial charge in [-0.15, -0.1) is 0 Å². The lowest BCUT2D eigenvalue weighted by atomic mass is 9.89. The largest absolute Gasteiger partial charge is 0.378 e. The minimum Gasteiger partial charge on any atom is -0.378 e. The van der Waals surface area contributed by atoms with E-state index in [1.54, 1.807) is 0 Å². The first-order valence-electron chi connectivity index (χ1n) is 9.82. The predicted octanol–water partition coefficient (Wildman–Crippen LogP) is 3.49. The highest BCUT2D eigenvalue weighted by molar-refractivity contribution is 6.04. The van der Waals surface area contributed by atoms with E-state index in [9.17, 15) is 4.79 Å². The summed E-state index contributed by atoms with van der Waals surface area (Å²) in [5, 5.41) is 7.43. The summed E-state index contributed by atoms with van der Waals surface area (Å²) in [6, 6.07) is 9.71. The number of morpholine rings is 1. The van der Waals surface area contributed by atoms with Crippen LogP contribution in [0.3, 0.4) is 0 Å². The Kier molecular flexibility index (Phi) is 5.16. The van der Waals surface area contributed by atoms with Gasteiger partial charge in [-0.05, 0) is 18.3 Å². The molecule has 27 heavy (non-hydrogen) atoms. The number of anilines is 1. The lowest BCUT2D eigenvalue weighted by molar-refractivity contribution is 0.0933. The first-order valence-corrected chi connectivity index (χ1v) is 9.82. The molecular formula is C21H27N3O3. The van der Waals surface area contributed by atoms with E-state index >= 15 is 0 Å². The molecule has 0 atom stereocenters. The molecule has 1 saturated carbocycles. The number of ether oxygens (including phenoxy) is 1. The summed E-state index contributed by atoms with van der Waals surface area (Å²) in [5.41, 5.74) is 1.59. The van der Waals surface area contributed by atoms with Crippen molar-refractivity contribution in [2.75, 3.05) is 37.7 Å². The number of hydrogen-bond donors (Lipinski definition) is 1. The van der Waals surface area contributed by atoms with Crippen molar-refractivity contribution in [2.24, 2.45) is 5.41 Å². The minimum atomic E-state index is -0.107. The Morgan fingerprint density at radius 1 is 1.19 bits per heavy atom. The van der Waals surface area contributed by atoms with Gasteiger partial charge in [-0.2, -0.15) is 0 Å². The molecule has 1 saturated heterocycles. The van der Waals surface area contributed by atoms with Gasteiger partial charge in [0, 0.05) is 25.2 Å². The molecule has 6 nitrogen and oxygen atoms in total. The van der Waals surface area contributed by atoms with Gasteiger partial charge >= 0.3 is 0 Å². The molecule has 1 amide bonds.